The maximum Gasteiger partial charge on any atom is 0.265 e. The molecule has 4 heterocycles. The van der Waals surface area contributed by atoms with Crippen LogP contribution in [0.1, 0.15) is 31.4 Å². The first kappa shape index (κ1) is 24.7. The highest BCUT2D eigenvalue weighted by molar-refractivity contribution is 7.16. The van der Waals surface area contributed by atoms with Crippen LogP contribution in [0, 0.1) is 5.82 Å². The second-order valence-electron chi connectivity index (χ2n) is 9.77. The lowest BCUT2D eigenvalue weighted by Crippen LogP contribution is -2.20. The summed E-state index contributed by atoms with van der Waals surface area (Å²) in [6, 6.07) is 15.7. The van der Waals surface area contributed by atoms with E-state index in [0.717, 1.165) is 24.0 Å². The van der Waals surface area contributed by atoms with Gasteiger partial charge in [0.1, 0.15) is 27.8 Å². The number of thiazole rings is 1. The fourth-order valence-electron chi connectivity index (χ4n) is 4.99. The average molecular weight is 573 g/mol. The molecule has 7 rings (SSSR count). The van der Waals surface area contributed by atoms with Crippen molar-refractivity contribution in [3.05, 3.63) is 93.2 Å². The third-order valence-electron chi connectivity index (χ3n) is 7.12. The fourth-order valence-corrected chi connectivity index (χ4v) is 6.15. The van der Waals surface area contributed by atoms with Crippen molar-refractivity contribution in [2.75, 3.05) is 5.73 Å². The van der Waals surface area contributed by atoms with Gasteiger partial charge in [0.05, 0.1) is 23.1 Å². The van der Waals surface area contributed by atoms with E-state index in [1.54, 1.807) is 22.2 Å². The molecule has 2 aromatic carbocycles. The molecule has 0 radical (unpaired) electrons. The summed E-state index contributed by atoms with van der Waals surface area (Å²) in [6.45, 7) is 1.94. The van der Waals surface area contributed by atoms with Gasteiger partial charge in [-0.05, 0) is 55.2 Å². The van der Waals surface area contributed by atoms with Crippen molar-refractivity contribution in [2.24, 2.45) is 0 Å². The van der Waals surface area contributed by atoms with Gasteiger partial charge in [-0.3, -0.25) is 9.20 Å². The van der Waals surface area contributed by atoms with Crippen molar-refractivity contribution < 1.29 is 9.13 Å². The number of aromatic nitrogens is 5. The molecule has 0 bridgehead atoms. The molecule has 200 valence electrons. The molecule has 0 amide bonds. The minimum absolute atomic E-state index is 0.0729. The summed E-state index contributed by atoms with van der Waals surface area (Å²) in [5.41, 5.74) is 9.52. The summed E-state index contributed by atoms with van der Waals surface area (Å²) < 4.78 is 23.9. The third-order valence-corrected chi connectivity index (χ3v) is 8.41. The maximum absolute atomic E-state index is 15.0. The number of pyridine rings is 1. The van der Waals surface area contributed by atoms with Crippen LogP contribution in [0.2, 0.25) is 5.15 Å². The Morgan fingerprint density at radius 2 is 1.93 bits per heavy atom. The van der Waals surface area contributed by atoms with Crippen molar-refractivity contribution in [1.29, 1.82) is 0 Å². The Bertz CT molecular complexity index is 1980. The molecule has 1 fully saturated rings. The molecule has 0 saturated heterocycles. The summed E-state index contributed by atoms with van der Waals surface area (Å²) in [5, 5.41) is 7.48. The Hall–Kier alpha value is -4.28. The number of halogens is 2. The van der Waals surface area contributed by atoms with Gasteiger partial charge in [0.25, 0.3) is 5.56 Å². The van der Waals surface area contributed by atoms with Gasteiger partial charge < -0.3 is 10.5 Å². The zero-order valence-electron chi connectivity index (χ0n) is 21.2. The lowest BCUT2D eigenvalue weighted by molar-refractivity contribution is 0.287. The van der Waals surface area contributed by atoms with E-state index in [4.69, 9.17) is 27.2 Å². The predicted molar refractivity (Wildman–Crippen MR) is 155 cm³/mol. The van der Waals surface area contributed by atoms with E-state index in [1.165, 1.54) is 28.1 Å². The molecule has 1 saturated carbocycles. The summed E-state index contributed by atoms with van der Waals surface area (Å²) in [7, 11) is 0. The minimum Gasteiger partial charge on any atom is -0.487 e. The van der Waals surface area contributed by atoms with Gasteiger partial charge in [-0.15, -0.1) is 11.3 Å². The van der Waals surface area contributed by atoms with Gasteiger partial charge >= 0.3 is 0 Å². The molecular formula is C29H22ClFN6O2S. The third kappa shape index (κ3) is 4.02. The number of benzene rings is 2. The van der Waals surface area contributed by atoms with Crippen LogP contribution in [-0.2, 0) is 0 Å². The SMILES string of the molecule is C[C@@H](c1cc2scc(Cl)n2c(=O)c1-c1ccccc1)n1nc(-c2ccc(OC3CC3)c(F)c2)c2c(N)ncnc21. The van der Waals surface area contributed by atoms with Crippen molar-refractivity contribution in [3.8, 4) is 28.1 Å². The highest BCUT2D eigenvalue weighted by atomic mass is 35.5. The largest absolute Gasteiger partial charge is 0.487 e. The first-order chi connectivity index (χ1) is 19.4. The molecule has 2 N–H and O–H groups in total. The first-order valence-electron chi connectivity index (χ1n) is 12.7. The molecule has 0 aliphatic heterocycles. The number of nitrogens with zero attached hydrogens (tertiary/aromatic N) is 5. The minimum atomic E-state index is -0.477. The monoisotopic (exact) mass is 572 g/mol. The molecular weight excluding hydrogens is 551 g/mol. The number of rotatable bonds is 6. The van der Waals surface area contributed by atoms with E-state index < -0.39 is 11.9 Å². The fraction of sp³-hybridized carbons (Fsp3) is 0.172. The summed E-state index contributed by atoms with van der Waals surface area (Å²) in [5.74, 6) is -0.0422. The maximum atomic E-state index is 15.0. The molecule has 6 aromatic rings. The van der Waals surface area contributed by atoms with Crippen molar-refractivity contribution >= 4 is 44.6 Å². The molecule has 1 aliphatic carbocycles. The smallest absolute Gasteiger partial charge is 0.265 e. The van der Waals surface area contributed by atoms with Crippen LogP contribution in [0.3, 0.4) is 0 Å². The van der Waals surface area contributed by atoms with Gasteiger partial charge in [0.2, 0.25) is 0 Å². The highest BCUT2D eigenvalue weighted by Gasteiger charge is 2.27. The van der Waals surface area contributed by atoms with Gasteiger partial charge in [0.15, 0.2) is 17.2 Å². The Morgan fingerprint density at radius 3 is 2.67 bits per heavy atom. The topological polar surface area (TPSA) is 100 Å². The quantitative estimate of drug-likeness (QED) is 0.249. The van der Waals surface area contributed by atoms with Crippen LogP contribution < -0.4 is 16.0 Å². The zero-order valence-corrected chi connectivity index (χ0v) is 22.8. The summed E-state index contributed by atoms with van der Waals surface area (Å²) in [4.78, 5) is 23.2. The molecule has 1 atom stereocenters. The normalized spacial score (nSPS) is 14.2. The van der Waals surface area contributed by atoms with E-state index in [2.05, 4.69) is 9.97 Å². The predicted octanol–water partition coefficient (Wildman–Crippen LogP) is 6.36. The molecule has 0 spiro atoms. The first-order valence-corrected chi connectivity index (χ1v) is 14.0. The number of fused-ring (bicyclic) bond motifs is 2. The van der Waals surface area contributed by atoms with Crippen LogP contribution in [0.15, 0.2) is 71.1 Å². The zero-order chi connectivity index (χ0) is 27.5. The lowest BCUT2D eigenvalue weighted by atomic mass is 9.97. The number of nitrogens with two attached hydrogens (primary N) is 1. The van der Waals surface area contributed by atoms with Crippen LogP contribution in [0.5, 0.6) is 5.75 Å². The van der Waals surface area contributed by atoms with Crippen LogP contribution >= 0.6 is 22.9 Å². The van der Waals surface area contributed by atoms with Crippen molar-refractivity contribution in [1.82, 2.24) is 24.1 Å². The average Bonchev–Trinajstić information content (AvgIpc) is 3.57. The molecule has 1 aliphatic rings. The highest BCUT2D eigenvalue weighted by Crippen LogP contribution is 2.38. The molecule has 40 heavy (non-hydrogen) atoms. The Kier molecular flexibility index (Phi) is 5.83. The molecule has 8 nitrogen and oxygen atoms in total. The molecule has 4 aromatic heterocycles. The number of hydrogen-bond acceptors (Lipinski definition) is 7. The van der Waals surface area contributed by atoms with E-state index in [1.807, 2.05) is 43.3 Å². The standard InChI is InChI=1S/C29H22ClFN6O2S/c1-15(19-12-23-36(22(30)13-40-23)29(38)24(19)16-5-3-2-4-6-16)37-28-25(27(32)33-14-34-28)26(35-37)17-7-10-21(20(31)11-17)39-18-8-9-18/h2-7,10-15,18H,8-9H2,1H3,(H2,32,33,34)/t15-/m0/s1. The number of anilines is 1. The van der Waals surface area contributed by atoms with Gasteiger partial charge in [-0.25, -0.2) is 19.0 Å². The number of hydrogen-bond donors (Lipinski definition) is 1. The van der Waals surface area contributed by atoms with Crippen LogP contribution in [0.4, 0.5) is 10.2 Å². The second-order valence-corrected chi connectivity index (χ2v) is 11.0. The second kappa shape index (κ2) is 9.42. The molecule has 11 heteroatoms. The number of ether oxygens (including phenoxy) is 1. The van der Waals surface area contributed by atoms with Crippen LogP contribution in [0.25, 0.3) is 38.2 Å². The van der Waals surface area contributed by atoms with Crippen LogP contribution in [-0.4, -0.2) is 30.3 Å². The Balaban J connectivity index is 1.43. The van der Waals surface area contributed by atoms with Gasteiger partial charge in [-0.1, -0.05) is 41.9 Å². The van der Waals surface area contributed by atoms with E-state index >= 15 is 4.39 Å². The van der Waals surface area contributed by atoms with Gasteiger partial charge in [-0.2, -0.15) is 5.10 Å². The Labute approximate surface area is 236 Å². The van der Waals surface area contributed by atoms with Gasteiger partial charge in [0, 0.05) is 10.9 Å². The van der Waals surface area contributed by atoms with E-state index in [9.17, 15) is 4.79 Å². The lowest BCUT2D eigenvalue weighted by Gasteiger charge is -2.18. The number of nitrogen functional groups attached to an aromatic ring is 1. The van der Waals surface area contributed by atoms with Crippen molar-refractivity contribution in [2.45, 2.75) is 31.9 Å². The van der Waals surface area contributed by atoms with E-state index in [0.29, 0.717) is 37.8 Å². The summed E-state index contributed by atoms with van der Waals surface area (Å²) in [6.07, 6.45) is 3.30. The molecule has 0 unspecified atom stereocenters. The Morgan fingerprint density at radius 1 is 1.12 bits per heavy atom. The van der Waals surface area contributed by atoms with E-state index in [-0.39, 0.29) is 23.2 Å². The summed E-state index contributed by atoms with van der Waals surface area (Å²) >= 11 is 7.77. The van der Waals surface area contributed by atoms with Crippen molar-refractivity contribution in [3.63, 3.8) is 0 Å².